The van der Waals surface area contributed by atoms with E-state index >= 15 is 0 Å². The maximum absolute atomic E-state index is 5.84. The SMILES string of the molecule is Cc1ccc2c(c1)C1CN(C)CCC1N2C(=S)NCCc1ccccc1. The second-order valence-corrected chi connectivity index (χ2v) is 8.01. The molecule has 0 aromatic heterocycles. The zero-order valence-corrected chi connectivity index (χ0v) is 16.4. The number of hydrogen-bond donors (Lipinski definition) is 1. The monoisotopic (exact) mass is 365 g/mol. The molecular formula is C22H27N3S. The first kappa shape index (κ1) is 17.5. The van der Waals surface area contributed by atoms with Crippen molar-refractivity contribution < 1.29 is 0 Å². The molecule has 1 N–H and O–H groups in total. The highest BCUT2D eigenvalue weighted by Crippen LogP contribution is 2.44. The molecule has 2 aromatic carbocycles. The predicted molar refractivity (Wildman–Crippen MR) is 113 cm³/mol. The van der Waals surface area contributed by atoms with Gasteiger partial charge in [-0.1, -0.05) is 48.0 Å². The molecule has 0 spiro atoms. The molecule has 26 heavy (non-hydrogen) atoms. The van der Waals surface area contributed by atoms with Crippen LogP contribution in [0.3, 0.4) is 0 Å². The van der Waals surface area contributed by atoms with E-state index < -0.39 is 0 Å². The van der Waals surface area contributed by atoms with Gasteiger partial charge < -0.3 is 15.1 Å². The molecule has 0 aliphatic carbocycles. The van der Waals surface area contributed by atoms with Gasteiger partial charge in [-0.25, -0.2) is 0 Å². The maximum atomic E-state index is 5.84. The molecule has 0 saturated carbocycles. The molecule has 136 valence electrons. The lowest BCUT2D eigenvalue weighted by Gasteiger charge is -2.37. The highest BCUT2D eigenvalue weighted by Gasteiger charge is 2.42. The van der Waals surface area contributed by atoms with Crippen molar-refractivity contribution in [2.24, 2.45) is 0 Å². The fourth-order valence-electron chi connectivity index (χ4n) is 4.39. The number of aryl methyl sites for hydroxylation is 1. The standard InChI is InChI=1S/C22H27N3S/c1-16-8-9-20-18(14-16)19-15-24(2)13-11-21(19)25(20)22(26)23-12-10-17-6-4-3-5-7-17/h3-9,14,19,21H,10-13,15H2,1-2H3,(H,23,26). The number of nitrogens with zero attached hydrogens (tertiary/aromatic N) is 2. The number of benzene rings is 2. The molecule has 4 heteroatoms. The number of rotatable bonds is 3. The number of nitrogens with one attached hydrogen (secondary N) is 1. The first-order valence-electron chi connectivity index (χ1n) is 9.53. The summed E-state index contributed by atoms with van der Waals surface area (Å²) in [5.41, 5.74) is 5.45. The summed E-state index contributed by atoms with van der Waals surface area (Å²) in [7, 11) is 2.23. The Kier molecular flexibility index (Phi) is 4.96. The number of likely N-dealkylation sites (tertiary alicyclic amines) is 1. The Hall–Kier alpha value is -1.91. The van der Waals surface area contributed by atoms with Gasteiger partial charge in [0.25, 0.3) is 0 Å². The van der Waals surface area contributed by atoms with E-state index in [0.29, 0.717) is 12.0 Å². The van der Waals surface area contributed by atoms with Crippen molar-refractivity contribution in [3.05, 3.63) is 65.2 Å². The molecule has 1 fully saturated rings. The lowest BCUT2D eigenvalue weighted by Crippen LogP contribution is -2.50. The normalized spacial score (nSPS) is 22.0. The van der Waals surface area contributed by atoms with Crippen molar-refractivity contribution in [2.75, 3.05) is 31.6 Å². The predicted octanol–water partition coefficient (Wildman–Crippen LogP) is 3.72. The van der Waals surface area contributed by atoms with Crippen LogP contribution >= 0.6 is 12.2 Å². The second kappa shape index (κ2) is 7.37. The van der Waals surface area contributed by atoms with Crippen LogP contribution in [0, 0.1) is 6.92 Å². The summed E-state index contributed by atoms with van der Waals surface area (Å²) < 4.78 is 0. The molecule has 1 saturated heterocycles. The Bertz CT molecular complexity index is 789. The number of piperidine rings is 1. The lowest BCUT2D eigenvalue weighted by atomic mass is 9.89. The summed E-state index contributed by atoms with van der Waals surface area (Å²) >= 11 is 5.84. The van der Waals surface area contributed by atoms with Crippen LogP contribution in [0.5, 0.6) is 0 Å². The van der Waals surface area contributed by atoms with E-state index in [9.17, 15) is 0 Å². The van der Waals surface area contributed by atoms with Crippen LogP contribution in [0.4, 0.5) is 5.69 Å². The Morgan fingerprint density at radius 3 is 2.81 bits per heavy atom. The molecule has 2 aliphatic heterocycles. The fraction of sp³-hybridized carbons (Fsp3) is 0.409. The van der Waals surface area contributed by atoms with Gasteiger partial charge in [-0.05, 0) is 62.8 Å². The lowest BCUT2D eigenvalue weighted by molar-refractivity contribution is 0.237. The summed E-state index contributed by atoms with van der Waals surface area (Å²) in [6.45, 7) is 5.31. The average Bonchev–Trinajstić information content (AvgIpc) is 2.95. The molecule has 2 aromatic rings. The van der Waals surface area contributed by atoms with E-state index in [1.165, 1.54) is 22.4 Å². The van der Waals surface area contributed by atoms with Gasteiger partial charge in [0.1, 0.15) is 0 Å². The highest BCUT2D eigenvalue weighted by atomic mass is 32.1. The summed E-state index contributed by atoms with van der Waals surface area (Å²) in [6.07, 6.45) is 2.15. The van der Waals surface area contributed by atoms with Crippen LogP contribution in [0.25, 0.3) is 0 Å². The van der Waals surface area contributed by atoms with Crippen LogP contribution in [-0.4, -0.2) is 42.7 Å². The van der Waals surface area contributed by atoms with Gasteiger partial charge >= 0.3 is 0 Å². The Morgan fingerprint density at radius 2 is 2.00 bits per heavy atom. The van der Waals surface area contributed by atoms with Crippen molar-refractivity contribution in [3.8, 4) is 0 Å². The summed E-state index contributed by atoms with van der Waals surface area (Å²) in [6, 6.07) is 17.9. The van der Waals surface area contributed by atoms with E-state index in [-0.39, 0.29) is 0 Å². The summed E-state index contributed by atoms with van der Waals surface area (Å²) in [5, 5.41) is 4.39. The van der Waals surface area contributed by atoms with Gasteiger partial charge in [-0.2, -0.15) is 0 Å². The molecule has 0 radical (unpaired) electrons. The maximum Gasteiger partial charge on any atom is 0.173 e. The minimum atomic E-state index is 0.486. The van der Waals surface area contributed by atoms with E-state index in [1.54, 1.807) is 0 Å². The molecule has 0 bridgehead atoms. The molecule has 3 nitrogen and oxygen atoms in total. The number of hydrogen-bond acceptors (Lipinski definition) is 2. The first-order chi connectivity index (χ1) is 12.6. The molecule has 2 unspecified atom stereocenters. The van der Waals surface area contributed by atoms with Gasteiger partial charge in [0.15, 0.2) is 5.11 Å². The smallest absolute Gasteiger partial charge is 0.173 e. The van der Waals surface area contributed by atoms with Crippen LogP contribution in [0.2, 0.25) is 0 Å². The van der Waals surface area contributed by atoms with Crippen LogP contribution in [-0.2, 0) is 6.42 Å². The third kappa shape index (κ3) is 3.36. The molecule has 2 atom stereocenters. The summed E-state index contributed by atoms with van der Waals surface area (Å²) in [5.74, 6) is 0.553. The first-order valence-corrected chi connectivity index (χ1v) is 9.94. The molecule has 2 aliphatic rings. The Labute approximate surface area is 162 Å². The minimum Gasteiger partial charge on any atom is -0.362 e. The second-order valence-electron chi connectivity index (χ2n) is 7.62. The van der Waals surface area contributed by atoms with Crippen molar-refractivity contribution in [1.29, 1.82) is 0 Å². The van der Waals surface area contributed by atoms with Crippen molar-refractivity contribution in [1.82, 2.24) is 10.2 Å². The van der Waals surface area contributed by atoms with E-state index in [2.05, 4.69) is 77.6 Å². The van der Waals surface area contributed by atoms with Gasteiger partial charge in [-0.3, -0.25) is 0 Å². The Balaban J connectivity index is 1.50. The number of anilines is 1. The Morgan fingerprint density at radius 1 is 1.19 bits per heavy atom. The quantitative estimate of drug-likeness (QED) is 0.835. The van der Waals surface area contributed by atoms with Crippen LogP contribution in [0.15, 0.2) is 48.5 Å². The van der Waals surface area contributed by atoms with Gasteiger partial charge in [0, 0.05) is 30.7 Å². The molecule has 0 amide bonds. The third-order valence-electron chi connectivity index (χ3n) is 5.70. The highest BCUT2D eigenvalue weighted by molar-refractivity contribution is 7.80. The number of thiocarbonyl (C=S) groups is 1. The van der Waals surface area contributed by atoms with Gasteiger partial charge in [-0.15, -0.1) is 0 Å². The number of fused-ring (bicyclic) bond motifs is 3. The van der Waals surface area contributed by atoms with E-state index in [0.717, 1.165) is 37.6 Å². The van der Waals surface area contributed by atoms with Gasteiger partial charge in [0.05, 0.1) is 0 Å². The summed E-state index contributed by atoms with van der Waals surface area (Å²) in [4.78, 5) is 4.84. The van der Waals surface area contributed by atoms with Crippen molar-refractivity contribution in [2.45, 2.75) is 31.7 Å². The fourth-order valence-corrected chi connectivity index (χ4v) is 4.73. The zero-order chi connectivity index (χ0) is 18.1. The minimum absolute atomic E-state index is 0.486. The van der Waals surface area contributed by atoms with Crippen molar-refractivity contribution in [3.63, 3.8) is 0 Å². The van der Waals surface area contributed by atoms with E-state index in [1.807, 2.05) is 0 Å². The number of likely N-dealkylation sites (N-methyl/N-ethyl adjacent to an activating group) is 1. The molecular weight excluding hydrogens is 338 g/mol. The zero-order valence-electron chi connectivity index (χ0n) is 15.6. The molecule has 4 rings (SSSR count). The topological polar surface area (TPSA) is 18.5 Å². The average molecular weight is 366 g/mol. The molecule has 2 heterocycles. The van der Waals surface area contributed by atoms with Crippen LogP contribution < -0.4 is 10.2 Å². The third-order valence-corrected chi connectivity index (χ3v) is 6.05. The van der Waals surface area contributed by atoms with E-state index in [4.69, 9.17) is 12.2 Å². The van der Waals surface area contributed by atoms with Gasteiger partial charge in [0.2, 0.25) is 0 Å². The van der Waals surface area contributed by atoms with Crippen LogP contribution in [0.1, 0.15) is 29.0 Å². The largest absolute Gasteiger partial charge is 0.362 e. The van der Waals surface area contributed by atoms with Crippen molar-refractivity contribution >= 4 is 23.0 Å².